The van der Waals surface area contributed by atoms with Crippen LogP contribution in [0.4, 0.5) is 5.69 Å². The van der Waals surface area contributed by atoms with Crippen molar-refractivity contribution in [3.8, 4) is 5.75 Å². The summed E-state index contributed by atoms with van der Waals surface area (Å²) in [4.78, 5) is 12.1. The molecule has 0 aliphatic carbocycles. The van der Waals surface area contributed by atoms with E-state index in [-0.39, 0.29) is 12.3 Å². The van der Waals surface area contributed by atoms with Crippen LogP contribution >= 0.6 is 0 Å². The minimum atomic E-state index is -0.574. The minimum Gasteiger partial charge on any atom is -0.491 e. The highest BCUT2D eigenvalue weighted by Gasteiger charge is 2.10. The third kappa shape index (κ3) is 5.23. The average Bonchev–Trinajstić information content (AvgIpc) is 2.43. The predicted molar refractivity (Wildman–Crippen MR) is 72.4 cm³/mol. The van der Waals surface area contributed by atoms with E-state index in [1.165, 1.54) is 24.3 Å². The van der Waals surface area contributed by atoms with Crippen LogP contribution in [0.3, 0.4) is 0 Å². The van der Waals surface area contributed by atoms with Crippen molar-refractivity contribution < 1.29 is 14.8 Å². The second-order valence-corrected chi connectivity index (χ2v) is 4.20. The molecule has 0 bridgehead atoms. The van der Waals surface area contributed by atoms with Crippen LogP contribution in [0.1, 0.15) is 13.8 Å². The van der Waals surface area contributed by atoms with Gasteiger partial charge >= 0.3 is 0 Å². The number of hydrogen-bond acceptors (Lipinski definition) is 5. The number of hydrogen-bond donors (Lipinski definition) is 1. The summed E-state index contributed by atoms with van der Waals surface area (Å²) in [5, 5.41) is 20.3. The van der Waals surface area contributed by atoms with Gasteiger partial charge in [0.2, 0.25) is 0 Å². The molecule has 0 unspecified atom stereocenters. The number of benzene rings is 1. The second-order valence-electron chi connectivity index (χ2n) is 4.20. The van der Waals surface area contributed by atoms with Crippen LogP contribution in [0, 0.1) is 10.1 Å². The van der Waals surface area contributed by atoms with Crippen LogP contribution in [0.5, 0.6) is 5.75 Å². The van der Waals surface area contributed by atoms with Crippen molar-refractivity contribution in [1.82, 2.24) is 4.90 Å². The maximum absolute atomic E-state index is 10.5. The fourth-order valence-electron chi connectivity index (χ4n) is 1.69. The van der Waals surface area contributed by atoms with Gasteiger partial charge in [-0.3, -0.25) is 10.1 Å². The van der Waals surface area contributed by atoms with Gasteiger partial charge in [-0.05, 0) is 25.2 Å². The molecule has 0 fully saturated rings. The Hall–Kier alpha value is -1.66. The number of aliphatic hydroxyl groups is 1. The number of aliphatic hydroxyl groups excluding tert-OH is 1. The Bertz CT molecular complexity index is 390. The standard InChI is InChI=1S/C13H20N2O4/c1-3-14(4-2)9-12(16)10-19-13-7-5-11(6-8-13)15(17)18/h5-8,12,16H,3-4,9-10H2,1-2H3/t12-/m1/s1. The van der Waals surface area contributed by atoms with E-state index >= 15 is 0 Å². The van der Waals surface area contributed by atoms with Gasteiger partial charge in [0.25, 0.3) is 5.69 Å². The van der Waals surface area contributed by atoms with Crippen LogP contribution in [0.15, 0.2) is 24.3 Å². The van der Waals surface area contributed by atoms with Crippen molar-refractivity contribution in [2.45, 2.75) is 20.0 Å². The van der Waals surface area contributed by atoms with Crippen LogP contribution in [0.25, 0.3) is 0 Å². The number of nitro groups is 1. The highest BCUT2D eigenvalue weighted by Crippen LogP contribution is 2.17. The molecule has 6 nitrogen and oxygen atoms in total. The molecule has 1 N–H and O–H groups in total. The zero-order chi connectivity index (χ0) is 14.3. The molecule has 0 radical (unpaired) electrons. The Morgan fingerprint density at radius 1 is 1.32 bits per heavy atom. The van der Waals surface area contributed by atoms with E-state index in [2.05, 4.69) is 4.90 Å². The highest BCUT2D eigenvalue weighted by molar-refractivity contribution is 5.35. The Morgan fingerprint density at radius 2 is 1.89 bits per heavy atom. The smallest absolute Gasteiger partial charge is 0.269 e. The normalized spacial score (nSPS) is 12.4. The molecule has 0 aliphatic heterocycles. The van der Waals surface area contributed by atoms with Crippen molar-refractivity contribution in [3.05, 3.63) is 34.4 Å². The van der Waals surface area contributed by atoms with Gasteiger partial charge in [0, 0.05) is 18.7 Å². The van der Waals surface area contributed by atoms with Crippen LogP contribution in [0.2, 0.25) is 0 Å². The van der Waals surface area contributed by atoms with Crippen molar-refractivity contribution >= 4 is 5.69 Å². The predicted octanol–water partition coefficient (Wildman–Crippen LogP) is 1.68. The van der Waals surface area contributed by atoms with E-state index in [4.69, 9.17) is 4.74 Å². The summed E-state index contributed by atoms with van der Waals surface area (Å²) in [5.41, 5.74) is 0.0241. The molecule has 0 aliphatic rings. The summed E-state index contributed by atoms with van der Waals surface area (Å²) in [5.74, 6) is 0.518. The lowest BCUT2D eigenvalue weighted by Gasteiger charge is -2.21. The Kier molecular flexibility index (Phi) is 6.24. The van der Waals surface area contributed by atoms with Gasteiger partial charge in [0.05, 0.1) is 4.92 Å². The third-order valence-electron chi connectivity index (χ3n) is 2.85. The molecule has 0 spiro atoms. The fraction of sp³-hybridized carbons (Fsp3) is 0.538. The molecule has 106 valence electrons. The molecular weight excluding hydrogens is 248 g/mol. The first-order valence-electron chi connectivity index (χ1n) is 6.34. The lowest BCUT2D eigenvalue weighted by atomic mass is 10.3. The molecule has 0 amide bonds. The van der Waals surface area contributed by atoms with Crippen molar-refractivity contribution in [1.29, 1.82) is 0 Å². The maximum Gasteiger partial charge on any atom is 0.269 e. The van der Waals surface area contributed by atoms with E-state index in [1.54, 1.807) is 0 Å². The first-order chi connectivity index (χ1) is 9.06. The van der Waals surface area contributed by atoms with Crippen molar-refractivity contribution in [2.24, 2.45) is 0 Å². The Balaban J connectivity index is 2.41. The summed E-state index contributed by atoms with van der Waals surface area (Å²) < 4.78 is 5.39. The van der Waals surface area contributed by atoms with Crippen molar-refractivity contribution in [2.75, 3.05) is 26.2 Å². The number of non-ortho nitro benzene ring substituents is 1. The zero-order valence-electron chi connectivity index (χ0n) is 11.3. The molecule has 6 heteroatoms. The molecule has 0 aromatic heterocycles. The Morgan fingerprint density at radius 3 is 2.37 bits per heavy atom. The topological polar surface area (TPSA) is 75.8 Å². The monoisotopic (exact) mass is 268 g/mol. The molecule has 0 saturated carbocycles. The fourth-order valence-corrected chi connectivity index (χ4v) is 1.69. The molecule has 19 heavy (non-hydrogen) atoms. The average molecular weight is 268 g/mol. The molecule has 1 aromatic carbocycles. The molecule has 0 saturated heterocycles. The minimum absolute atomic E-state index is 0.0241. The van der Waals surface area contributed by atoms with Gasteiger partial charge in [-0.2, -0.15) is 0 Å². The number of ether oxygens (including phenoxy) is 1. The number of nitrogens with zero attached hydrogens (tertiary/aromatic N) is 2. The summed E-state index contributed by atoms with van der Waals surface area (Å²) in [6, 6.07) is 5.82. The molecule has 1 atom stereocenters. The highest BCUT2D eigenvalue weighted by atomic mass is 16.6. The maximum atomic E-state index is 10.5. The molecule has 1 rings (SSSR count). The van der Waals surface area contributed by atoms with E-state index in [0.29, 0.717) is 12.3 Å². The van der Waals surface area contributed by atoms with Gasteiger partial charge in [0.1, 0.15) is 18.5 Å². The van der Waals surface area contributed by atoms with E-state index in [9.17, 15) is 15.2 Å². The molecule has 0 heterocycles. The van der Waals surface area contributed by atoms with E-state index in [0.717, 1.165) is 13.1 Å². The van der Waals surface area contributed by atoms with Crippen LogP contribution < -0.4 is 4.74 Å². The summed E-state index contributed by atoms with van der Waals surface area (Å²) in [6.07, 6.45) is -0.574. The summed E-state index contributed by atoms with van der Waals surface area (Å²) in [7, 11) is 0. The summed E-state index contributed by atoms with van der Waals surface area (Å²) in [6.45, 7) is 6.56. The lowest BCUT2D eigenvalue weighted by Crippen LogP contribution is -2.35. The Labute approximate surface area is 112 Å². The molecular formula is C13H20N2O4. The van der Waals surface area contributed by atoms with Crippen LogP contribution in [-0.4, -0.2) is 47.3 Å². The first-order valence-corrected chi connectivity index (χ1v) is 6.34. The number of nitro benzene ring substituents is 1. The van der Waals surface area contributed by atoms with Gasteiger partial charge in [-0.15, -0.1) is 0 Å². The molecule has 1 aromatic rings. The first kappa shape index (κ1) is 15.4. The second kappa shape index (κ2) is 7.70. The van der Waals surface area contributed by atoms with E-state index < -0.39 is 11.0 Å². The lowest BCUT2D eigenvalue weighted by molar-refractivity contribution is -0.384. The van der Waals surface area contributed by atoms with Gasteiger partial charge in [0.15, 0.2) is 0 Å². The largest absolute Gasteiger partial charge is 0.491 e. The quantitative estimate of drug-likeness (QED) is 0.573. The van der Waals surface area contributed by atoms with Crippen molar-refractivity contribution in [3.63, 3.8) is 0 Å². The van der Waals surface area contributed by atoms with Gasteiger partial charge in [-0.25, -0.2) is 0 Å². The zero-order valence-corrected chi connectivity index (χ0v) is 11.3. The number of rotatable bonds is 8. The summed E-state index contributed by atoms with van der Waals surface area (Å²) >= 11 is 0. The van der Waals surface area contributed by atoms with Gasteiger partial charge in [-0.1, -0.05) is 13.8 Å². The van der Waals surface area contributed by atoms with E-state index in [1.807, 2.05) is 13.8 Å². The number of likely N-dealkylation sites (N-methyl/N-ethyl adjacent to an activating group) is 1. The third-order valence-corrected chi connectivity index (χ3v) is 2.85. The van der Waals surface area contributed by atoms with Crippen LogP contribution in [-0.2, 0) is 0 Å². The van der Waals surface area contributed by atoms with Gasteiger partial charge < -0.3 is 14.7 Å². The SMILES string of the molecule is CCN(CC)C[C@@H](O)COc1ccc([N+](=O)[O-])cc1.